The van der Waals surface area contributed by atoms with Crippen molar-refractivity contribution in [1.82, 2.24) is 5.32 Å². The largest absolute Gasteiger partial charge is 0.481 e. The van der Waals surface area contributed by atoms with Crippen LogP contribution in [0.1, 0.15) is 32.8 Å². The number of carbonyl (C=O) groups excluding carboxylic acids is 1. The van der Waals surface area contributed by atoms with Gasteiger partial charge in [-0.05, 0) is 45.4 Å². The minimum atomic E-state index is -0.570. The van der Waals surface area contributed by atoms with Gasteiger partial charge in [-0.2, -0.15) is 0 Å². The highest BCUT2D eigenvalue weighted by Crippen LogP contribution is 2.27. The summed E-state index contributed by atoms with van der Waals surface area (Å²) in [5, 5.41) is 3.51. The quantitative estimate of drug-likeness (QED) is 0.813. The highest BCUT2D eigenvalue weighted by atomic mass is 35.5. The zero-order chi connectivity index (χ0) is 15.1. The van der Waals surface area contributed by atoms with E-state index in [9.17, 15) is 4.79 Å². The number of nitrogens with two attached hydrogens (primary N) is 1. The van der Waals surface area contributed by atoms with Crippen molar-refractivity contribution in [3.05, 3.63) is 28.8 Å². The molecule has 1 amide bonds. The Labute approximate surface area is 125 Å². The number of halogens is 1. The van der Waals surface area contributed by atoms with E-state index in [1.807, 2.05) is 19.9 Å². The van der Waals surface area contributed by atoms with Crippen molar-refractivity contribution in [2.75, 3.05) is 6.54 Å². The summed E-state index contributed by atoms with van der Waals surface area (Å²) in [6.07, 6.45) is 0.932. The molecule has 0 aliphatic heterocycles. The van der Waals surface area contributed by atoms with E-state index >= 15 is 0 Å². The molecule has 0 fully saturated rings. The van der Waals surface area contributed by atoms with E-state index in [1.54, 1.807) is 19.1 Å². The molecule has 0 aliphatic carbocycles. The molecule has 0 bridgehead atoms. The molecule has 20 heavy (non-hydrogen) atoms. The smallest absolute Gasteiger partial charge is 0.260 e. The number of amides is 1. The number of nitrogens with one attached hydrogen (secondary N) is 1. The summed E-state index contributed by atoms with van der Waals surface area (Å²) < 4.78 is 5.73. The fourth-order valence-electron chi connectivity index (χ4n) is 1.74. The zero-order valence-corrected chi connectivity index (χ0v) is 13.0. The molecule has 0 heterocycles. The van der Waals surface area contributed by atoms with E-state index in [2.05, 4.69) is 5.32 Å². The van der Waals surface area contributed by atoms with Crippen LogP contribution in [0.2, 0.25) is 5.02 Å². The lowest BCUT2D eigenvalue weighted by molar-refractivity contribution is -0.127. The molecular weight excluding hydrogens is 276 g/mol. The lowest BCUT2D eigenvalue weighted by Gasteiger charge is -2.19. The summed E-state index contributed by atoms with van der Waals surface area (Å²) in [5.74, 6) is 0.493. The Morgan fingerprint density at radius 3 is 2.75 bits per heavy atom. The topological polar surface area (TPSA) is 64.3 Å². The van der Waals surface area contributed by atoms with Crippen molar-refractivity contribution in [3.63, 3.8) is 0 Å². The number of hydrogen-bond acceptors (Lipinski definition) is 3. The molecule has 1 rings (SSSR count). The number of carbonyl (C=O) groups is 1. The second-order valence-corrected chi connectivity index (χ2v) is 5.24. The van der Waals surface area contributed by atoms with Crippen LogP contribution in [0.4, 0.5) is 0 Å². The van der Waals surface area contributed by atoms with Crippen LogP contribution in [0.25, 0.3) is 0 Å². The first-order chi connectivity index (χ1) is 9.49. The Bertz CT molecular complexity index is 451. The first-order valence-electron chi connectivity index (χ1n) is 6.94. The first-order valence-corrected chi connectivity index (χ1v) is 7.31. The van der Waals surface area contributed by atoms with Gasteiger partial charge in [0.1, 0.15) is 5.75 Å². The number of hydrogen-bond donors (Lipinski definition) is 2. The van der Waals surface area contributed by atoms with Gasteiger partial charge in [0.25, 0.3) is 5.91 Å². The molecule has 112 valence electrons. The SMILES string of the molecule is CCC(C)NC(=O)C(C)Oc1cccc(Cl)c1CCN. The van der Waals surface area contributed by atoms with Gasteiger partial charge in [0, 0.05) is 16.6 Å². The molecule has 3 N–H and O–H groups in total. The van der Waals surface area contributed by atoms with Crippen molar-refractivity contribution in [3.8, 4) is 5.75 Å². The Morgan fingerprint density at radius 1 is 1.45 bits per heavy atom. The maximum atomic E-state index is 12.0. The van der Waals surface area contributed by atoms with E-state index in [0.717, 1.165) is 12.0 Å². The van der Waals surface area contributed by atoms with Gasteiger partial charge < -0.3 is 15.8 Å². The van der Waals surface area contributed by atoms with Crippen LogP contribution in [0.5, 0.6) is 5.75 Å². The molecule has 1 aromatic rings. The van der Waals surface area contributed by atoms with Crippen molar-refractivity contribution in [2.24, 2.45) is 5.73 Å². The van der Waals surface area contributed by atoms with E-state index in [1.165, 1.54) is 0 Å². The Balaban J connectivity index is 2.77. The predicted octanol–water partition coefficient (Wildman–Crippen LogP) is 2.52. The fourth-order valence-corrected chi connectivity index (χ4v) is 2.00. The average molecular weight is 299 g/mol. The van der Waals surface area contributed by atoms with Gasteiger partial charge in [-0.3, -0.25) is 4.79 Å². The molecule has 0 saturated heterocycles. The third-order valence-corrected chi connectivity index (χ3v) is 3.50. The Hall–Kier alpha value is -1.26. The van der Waals surface area contributed by atoms with Crippen LogP contribution >= 0.6 is 11.6 Å². The summed E-state index contributed by atoms with van der Waals surface area (Å²) in [6, 6.07) is 5.54. The second-order valence-electron chi connectivity index (χ2n) is 4.83. The molecule has 0 spiro atoms. The van der Waals surface area contributed by atoms with Crippen LogP contribution in [0, 0.1) is 0 Å². The summed E-state index contributed by atoms with van der Waals surface area (Å²) in [6.45, 7) is 6.19. The van der Waals surface area contributed by atoms with E-state index in [-0.39, 0.29) is 11.9 Å². The van der Waals surface area contributed by atoms with Crippen LogP contribution in [0.3, 0.4) is 0 Å². The molecule has 0 radical (unpaired) electrons. The van der Waals surface area contributed by atoms with Crippen LogP contribution in [-0.2, 0) is 11.2 Å². The normalized spacial score (nSPS) is 13.7. The molecular formula is C15H23ClN2O2. The highest BCUT2D eigenvalue weighted by molar-refractivity contribution is 6.31. The van der Waals surface area contributed by atoms with Gasteiger partial charge in [-0.15, -0.1) is 0 Å². The van der Waals surface area contributed by atoms with Crippen molar-refractivity contribution >= 4 is 17.5 Å². The molecule has 0 aliphatic rings. The molecule has 2 atom stereocenters. The number of rotatable bonds is 7. The molecule has 1 aromatic carbocycles. The predicted molar refractivity (Wildman–Crippen MR) is 82.2 cm³/mol. The second kappa shape index (κ2) is 8.12. The number of benzene rings is 1. The number of ether oxygens (including phenoxy) is 1. The lowest BCUT2D eigenvalue weighted by Crippen LogP contribution is -2.41. The average Bonchev–Trinajstić information content (AvgIpc) is 2.42. The van der Waals surface area contributed by atoms with Gasteiger partial charge >= 0.3 is 0 Å². The minimum absolute atomic E-state index is 0.127. The Morgan fingerprint density at radius 2 is 2.15 bits per heavy atom. The Kier molecular flexibility index (Phi) is 6.82. The van der Waals surface area contributed by atoms with E-state index < -0.39 is 6.10 Å². The van der Waals surface area contributed by atoms with Crippen molar-refractivity contribution < 1.29 is 9.53 Å². The molecule has 0 saturated carbocycles. The van der Waals surface area contributed by atoms with Gasteiger partial charge in [0.15, 0.2) is 6.10 Å². The monoisotopic (exact) mass is 298 g/mol. The van der Waals surface area contributed by atoms with Crippen LogP contribution in [-0.4, -0.2) is 24.6 Å². The minimum Gasteiger partial charge on any atom is -0.481 e. The maximum Gasteiger partial charge on any atom is 0.260 e. The molecule has 2 unspecified atom stereocenters. The molecule has 4 nitrogen and oxygen atoms in total. The first kappa shape index (κ1) is 16.8. The van der Waals surface area contributed by atoms with Gasteiger partial charge in [0.2, 0.25) is 0 Å². The van der Waals surface area contributed by atoms with Crippen molar-refractivity contribution in [1.29, 1.82) is 0 Å². The maximum absolute atomic E-state index is 12.0. The van der Waals surface area contributed by atoms with E-state index in [0.29, 0.717) is 23.7 Å². The fraction of sp³-hybridized carbons (Fsp3) is 0.533. The summed E-state index contributed by atoms with van der Waals surface area (Å²) in [7, 11) is 0. The third kappa shape index (κ3) is 4.69. The van der Waals surface area contributed by atoms with Crippen LogP contribution in [0.15, 0.2) is 18.2 Å². The van der Waals surface area contributed by atoms with Gasteiger partial charge in [-0.25, -0.2) is 0 Å². The summed E-state index contributed by atoms with van der Waals surface area (Å²) >= 11 is 6.14. The van der Waals surface area contributed by atoms with Crippen LogP contribution < -0.4 is 15.8 Å². The standard InChI is InChI=1S/C15H23ClN2O2/c1-4-10(2)18-15(19)11(3)20-14-7-5-6-13(16)12(14)8-9-17/h5-7,10-11H,4,8-9,17H2,1-3H3,(H,18,19). The highest BCUT2D eigenvalue weighted by Gasteiger charge is 2.18. The summed E-state index contributed by atoms with van der Waals surface area (Å²) in [5.41, 5.74) is 6.43. The lowest BCUT2D eigenvalue weighted by atomic mass is 10.1. The third-order valence-electron chi connectivity index (χ3n) is 3.14. The molecule has 0 aromatic heterocycles. The zero-order valence-electron chi connectivity index (χ0n) is 12.3. The molecule has 5 heteroatoms. The van der Waals surface area contributed by atoms with Gasteiger partial charge in [-0.1, -0.05) is 24.6 Å². The van der Waals surface area contributed by atoms with E-state index in [4.69, 9.17) is 22.1 Å². The summed E-state index contributed by atoms with van der Waals surface area (Å²) in [4.78, 5) is 12.0. The van der Waals surface area contributed by atoms with Gasteiger partial charge in [0.05, 0.1) is 0 Å². The van der Waals surface area contributed by atoms with Crippen molar-refractivity contribution in [2.45, 2.75) is 45.8 Å².